The first-order chi connectivity index (χ1) is 4.97. The van der Waals surface area contributed by atoms with Gasteiger partial charge in [-0.2, -0.15) is 0 Å². The highest BCUT2D eigenvalue weighted by Gasteiger charge is 2.50. The zero-order valence-corrected chi connectivity index (χ0v) is 6.46. The zero-order chi connectivity index (χ0) is 8.65. The Morgan fingerprint density at radius 1 is 1.27 bits per heavy atom. The summed E-state index contributed by atoms with van der Waals surface area (Å²) in [5.74, 6) is -1.97. The molecule has 1 rings (SSSR count). The Labute approximate surface area is 64.9 Å². The van der Waals surface area contributed by atoms with Gasteiger partial charge in [0, 0.05) is 0 Å². The SMILES string of the molecule is CC1(C(C(N)=O)C(N)=O)CC1. The van der Waals surface area contributed by atoms with Gasteiger partial charge in [-0.05, 0) is 18.3 Å². The maximum Gasteiger partial charge on any atom is 0.230 e. The van der Waals surface area contributed by atoms with E-state index in [4.69, 9.17) is 11.5 Å². The van der Waals surface area contributed by atoms with Crippen LogP contribution in [0.4, 0.5) is 0 Å². The van der Waals surface area contributed by atoms with Crippen LogP contribution in [0.15, 0.2) is 0 Å². The topological polar surface area (TPSA) is 86.2 Å². The smallest absolute Gasteiger partial charge is 0.230 e. The molecule has 1 saturated carbocycles. The van der Waals surface area contributed by atoms with E-state index in [0.717, 1.165) is 12.8 Å². The van der Waals surface area contributed by atoms with Gasteiger partial charge in [0.2, 0.25) is 11.8 Å². The summed E-state index contributed by atoms with van der Waals surface area (Å²) in [7, 11) is 0. The molecule has 0 radical (unpaired) electrons. The van der Waals surface area contributed by atoms with E-state index in [0.29, 0.717) is 0 Å². The minimum Gasteiger partial charge on any atom is -0.369 e. The van der Waals surface area contributed by atoms with Gasteiger partial charge in [-0.15, -0.1) is 0 Å². The van der Waals surface area contributed by atoms with Crippen molar-refractivity contribution >= 4 is 11.8 Å². The molecule has 0 heterocycles. The third-order valence-corrected chi connectivity index (χ3v) is 2.30. The molecule has 11 heavy (non-hydrogen) atoms. The lowest BCUT2D eigenvalue weighted by Crippen LogP contribution is -2.40. The van der Waals surface area contributed by atoms with Crippen molar-refractivity contribution in [3.8, 4) is 0 Å². The van der Waals surface area contributed by atoms with E-state index in [9.17, 15) is 9.59 Å². The van der Waals surface area contributed by atoms with Gasteiger partial charge in [-0.1, -0.05) is 6.92 Å². The average molecular weight is 156 g/mol. The predicted molar refractivity (Wildman–Crippen MR) is 39.2 cm³/mol. The van der Waals surface area contributed by atoms with E-state index < -0.39 is 17.7 Å². The van der Waals surface area contributed by atoms with Crippen LogP contribution in [0.5, 0.6) is 0 Å². The van der Waals surface area contributed by atoms with E-state index in [2.05, 4.69) is 0 Å². The van der Waals surface area contributed by atoms with Gasteiger partial charge >= 0.3 is 0 Å². The van der Waals surface area contributed by atoms with Crippen LogP contribution in [0.25, 0.3) is 0 Å². The van der Waals surface area contributed by atoms with Crippen molar-refractivity contribution in [3.05, 3.63) is 0 Å². The molecule has 0 aromatic heterocycles. The number of carbonyl (C=O) groups is 2. The summed E-state index contributed by atoms with van der Waals surface area (Å²) in [4.78, 5) is 21.5. The van der Waals surface area contributed by atoms with E-state index in [-0.39, 0.29) is 5.41 Å². The van der Waals surface area contributed by atoms with Crippen LogP contribution in [0.2, 0.25) is 0 Å². The maximum absolute atomic E-state index is 10.7. The Morgan fingerprint density at radius 2 is 1.64 bits per heavy atom. The monoisotopic (exact) mass is 156 g/mol. The van der Waals surface area contributed by atoms with Crippen molar-refractivity contribution in [3.63, 3.8) is 0 Å². The number of carbonyl (C=O) groups excluding carboxylic acids is 2. The Bertz CT molecular complexity index is 194. The Balaban J connectivity index is 2.76. The van der Waals surface area contributed by atoms with Crippen molar-refractivity contribution in [2.75, 3.05) is 0 Å². The van der Waals surface area contributed by atoms with Gasteiger partial charge in [0.1, 0.15) is 5.92 Å². The number of hydrogen-bond donors (Lipinski definition) is 2. The normalized spacial score (nSPS) is 19.8. The Hall–Kier alpha value is -1.06. The highest BCUT2D eigenvalue weighted by molar-refractivity contribution is 6.00. The van der Waals surface area contributed by atoms with E-state index in [1.54, 1.807) is 0 Å². The number of rotatable bonds is 3. The van der Waals surface area contributed by atoms with Crippen molar-refractivity contribution in [2.45, 2.75) is 19.8 Å². The lowest BCUT2D eigenvalue weighted by Gasteiger charge is -2.15. The molecule has 1 aliphatic carbocycles. The number of amides is 2. The first-order valence-corrected chi connectivity index (χ1v) is 3.56. The van der Waals surface area contributed by atoms with Crippen LogP contribution >= 0.6 is 0 Å². The fourth-order valence-electron chi connectivity index (χ4n) is 1.31. The van der Waals surface area contributed by atoms with Crippen LogP contribution in [0.1, 0.15) is 19.8 Å². The first-order valence-electron chi connectivity index (χ1n) is 3.56. The van der Waals surface area contributed by atoms with Gasteiger partial charge in [-0.25, -0.2) is 0 Å². The molecule has 1 fully saturated rings. The molecule has 1 aliphatic rings. The van der Waals surface area contributed by atoms with Crippen LogP contribution in [0.3, 0.4) is 0 Å². The Kier molecular flexibility index (Phi) is 1.62. The summed E-state index contributed by atoms with van der Waals surface area (Å²) in [5.41, 5.74) is 9.81. The summed E-state index contributed by atoms with van der Waals surface area (Å²) in [5, 5.41) is 0. The van der Waals surface area contributed by atoms with E-state index >= 15 is 0 Å². The third kappa shape index (κ3) is 1.34. The molecule has 0 aromatic rings. The van der Waals surface area contributed by atoms with Gasteiger partial charge < -0.3 is 11.5 Å². The van der Waals surface area contributed by atoms with Crippen LogP contribution < -0.4 is 11.5 Å². The number of nitrogens with two attached hydrogens (primary N) is 2. The molecular weight excluding hydrogens is 144 g/mol. The molecule has 4 nitrogen and oxygen atoms in total. The Morgan fingerprint density at radius 3 is 1.73 bits per heavy atom. The quantitative estimate of drug-likeness (QED) is 0.533. The molecule has 0 atom stereocenters. The first kappa shape index (κ1) is 8.04. The summed E-state index contributed by atoms with van der Waals surface area (Å²) < 4.78 is 0. The standard InChI is InChI=1S/C7H12N2O2/c1-7(2-3-7)4(5(8)10)6(9)11/h4H,2-3H2,1H3,(H2,8,10)(H2,9,11). The molecule has 4 heteroatoms. The molecule has 62 valence electrons. The van der Waals surface area contributed by atoms with Crippen molar-refractivity contribution in [1.29, 1.82) is 0 Å². The second-order valence-electron chi connectivity index (χ2n) is 3.39. The molecule has 0 aliphatic heterocycles. The van der Waals surface area contributed by atoms with Crippen molar-refractivity contribution < 1.29 is 9.59 Å². The molecule has 0 unspecified atom stereocenters. The summed E-state index contributed by atoms with van der Waals surface area (Å²) in [6, 6.07) is 0. The molecule has 2 amide bonds. The highest BCUT2D eigenvalue weighted by Crippen LogP contribution is 2.51. The van der Waals surface area contributed by atoms with Crippen LogP contribution in [0, 0.1) is 11.3 Å². The highest BCUT2D eigenvalue weighted by atomic mass is 16.2. The predicted octanol–water partition coefficient (Wildman–Crippen LogP) is -0.627. The lowest BCUT2D eigenvalue weighted by atomic mass is 9.90. The van der Waals surface area contributed by atoms with Crippen molar-refractivity contribution in [2.24, 2.45) is 22.8 Å². The molecular formula is C7H12N2O2. The molecule has 0 saturated heterocycles. The molecule has 4 N–H and O–H groups in total. The number of hydrogen-bond acceptors (Lipinski definition) is 2. The summed E-state index contributed by atoms with van der Waals surface area (Å²) >= 11 is 0. The van der Waals surface area contributed by atoms with Crippen LogP contribution in [-0.4, -0.2) is 11.8 Å². The van der Waals surface area contributed by atoms with E-state index in [1.807, 2.05) is 6.92 Å². The molecule has 0 bridgehead atoms. The minimum absolute atomic E-state index is 0.238. The van der Waals surface area contributed by atoms with Gasteiger partial charge in [0.25, 0.3) is 0 Å². The fraction of sp³-hybridized carbons (Fsp3) is 0.714. The van der Waals surface area contributed by atoms with Gasteiger partial charge in [0.05, 0.1) is 0 Å². The van der Waals surface area contributed by atoms with Gasteiger partial charge in [-0.3, -0.25) is 9.59 Å². The third-order valence-electron chi connectivity index (χ3n) is 2.30. The maximum atomic E-state index is 10.7. The number of primary amides is 2. The minimum atomic E-state index is -0.775. The molecule has 0 spiro atoms. The largest absolute Gasteiger partial charge is 0.369 e. The molecule has 0 aromatic carbocycles. The van der Waals surface area contributed by atoms with Crippen LogP contribution in [-0.2, 0) is 9.59 Å². The average Bonchev–Trinajstić information content (AvgIpc) is 2.44. The fourth-order valence-corrected chi connectivity index (χ4v) is 1.31. The summed E-state index contributed by atoms with van der Waals surface area (Å²) in [6.45, 7) is 1.85. The lowest BCUT2D eigenvalue weighted by molar-refractivity contribution is -0.134. The van der Waals surface area contributed by atoms with E-state index in [1.165, 1.54) is 0 Å². The summed E-state index contributed by atoms with van der Waals surface area (Å²) in [6.07, 6.45) is 1.73. The second kappa shape index (κ2) is 2.22. The second-order valence-corrected chi connectivity index (χ2v) is 3.39. The zero-order valence-electron chi connectivity index (χ0n) is 6.46. The van der Waals surface area contributed by atoms with Gasteiger partial charge in [0.15, 0.2) is 0 Å². The van der Waals surface area contributed by atoms with Crippen molar-refractivity contribution in [1.82, 2.24) is 0 Å².